The molecule has 0 fully saturated rings. The minimum absolute atomic E-state index is 0.116. The largest absolute Gasteiger partial charge is 0.375 e. The molecule has 1 N–H and O–H groups in total. The number of rotatable bonds is 4. The number of hydrogen-bond donors (Lipinski definition) is 1. The molecule has 1 unspecified atom stereocenters. The van der Waals surface area contributed by atoms with Crippen molar-refractivity contribution in [3.8, 4) is 0 Å². The van der Waals surface area contributed by atoms with Crippen molar-refractivity contribution in [2.24, 2.45) is 0 Å². The molecule has 1 aliphatic rings. The Morgan fingerprint density at radius 1 is 1.55 bits per heavy atom. The van der Waals surface area contributed by atoms with Crippen molar-refractivity contribution in [3.63, 3.8) is 0 Å². The van der Waals surface area contributed by atoms with E-state index in [4.69, 9.17) is 0 Å². The summed E-state index contributed by atoms with van der Waals surface area (Å²) in [5.74, 6) is 1.86. The third kappa shape index (κ3) is 3.06. The lowest BCUT2D eigenvalue weighted by Crippen LogP contribution is -2.32. The minimum Gasteiger partial charge on any atom is -0.375 e. The molecule has 0 saturated carbocycles. The number of fused-ring (bicyclic) bond motifs is 1. The lowest BCUT2D eigenvalue weighted by atomic mass is 10.1. The van der Waals surface area contributed by atoms with Gasteiger partial charge < -0.3 is 5.32 Å². The second-order valence-corrected chi connectivity index (χ2v) is 6.52. The van der Waals surface area contributed by atoms with Crippen molar-refractivity contribution in [2.75, 3.05) is 5.32 Å². The molecule has 116 valence electrons. The maximum atomic E-state index is 11.2. The first kappa shape index (κ1) is 15.2. The summed E-state index contributed by atoms with van der Waals surface area (Å²) in [5.41, 5.74) is 0.681. The van der Waals surface area contributed by atoms with Gasteiger partial charge >= 0.3 is 0 Å². The van der Waals surface area contributed by atoms with Crippen molar-refractivity contribution in [2.45, 2.75) is 38.8 Å². The Bertz CT molecular complexity index is 715. The van der Waals surface area contributed by atoms with E-state index in [0.29, 0.717) is 12.2 Å². The summed E-state index contributed by atoms with van der Waals surface area (Å²) in [5, 5.41) is 18.9. The van der Waals surface area contributed by atoms with Gasteiger partial charge in [0, 0.05) is 28.5 Å². The van der Waals surface area contributed by atoms with Gasteiger partial charge in [0.1, 0.15) is 11.5 Å². The molecule has 7 nitrogen and oxygen atoms in total. The molecule has 3 rings (SSSR count). The molecule has 0 spiro atoms. The van der Waals surface area contributed by atoms with Crippen molar-refractivity contribution in [1.29, 1.82) is 0 Å². The average molecular weight is 413 g/mol. The fourth-order valence-electron chi connectivity index (χ4n) is 2.63. The number of nitro groups is 1. The zero-order valence-electron chi connectivity index (χ0n) is 12.1. The monoisotopic (exact) mass is 413 g/mol. The van der Waals surface area contributed by atoms with Gasteiger partial charge in [-0.2, -0.15) is 5.10 Å². The van der Waals surface area contributed by atoms with Crippen LogP contribution in [0.25, 0.3) is 0 Å². The van der Waals surface area contributed by atoms with Gasteiger partial charge in [-0.25, -0.2) is 9.67 Å². The van der Waals surface area contributed by atoms with E-state index in [1.807, 2.05) is 17.7 Å². The minimum atomic E-state index is -0.344. The van der Waals surface area contributed by atoms with Crippen LogP contribution in [-0.4, -0.2) is 25.7 Å². The molecular weight excluding hydrogens is 397 g/mol. The van der Waals surface area contributed by atoms with Gasteiger partial charge in [-0.05, 0) is 41.1 Å². The quantitative estimate of drug-likeness (QED) is 0.474. The molecule has 0 radical (unpaired) electrons. The number of anilines is 1. The van der Waals surface area contributed by atoms with E-state index in [1.54, 1.807) is 12.1 Å². The van der Waals surface area contributed by atoms with E-state index in [2.05, 4.69) is 38.0 Å². The fraction of sp³-hybridized carbons (Fsp3) is 0.429. The third-order valence-corrected chi connectivity index (χ3v) is 4.41. The Balaban J connectivity index is 1.79. The van der Waals surface area contributed by atoms with Gasteiger partial charge in [0.05, 0.1) is 11.5 Å². The van der Waals surface area contributed by atoms with E-state index in [-0.39, 0.29) is 16.7 Å². The van der Waals surface area contributed by atoms with Crippen LogP contribution in [0.1, 0.15) is 25.0 Å². The third-order valence-electron chi connectivity index (χ3n) is 3.73. The molecule has 0 aliphatic carbocycles. The molecular formula is C14H16IN5O2. The maximum Gasteiger partial charge on any atom is 0.293 e. The number of aromatic nitrogens is 3. The zero-order valence-corrected chi connectivity index (χ0v) is 14.3. The van der Waals surface area contributed by atoms with Crippen LogP contribution in [0.5, 0.6) is 0 Å². The van der Waals surface area contributed by atoms with Gasteiger partial charge in [0.2, 0.25) is 0 Å². The predicted octanol–water partition coefficient (Wildman–Crippen LogP) is 2.78. The first-order chi connectivity index (χ1) is 10.6. The van der Waals surface area contributed by atoms with Gasteiger partial charge in [-0.15, -0.1) is 0 Å². The van der Waals surface area contributed by atoms with E-state index in [1.165, 1.54) is 0 Å². The fourth-order valence-corrected chi connectivity index (χ4v) is 3.10. The Kier molecular flexibility index (Phi) is 4.27. The Morgan fingerprint density at radius 2 is 2.36 bits per heavy atom. The summed E-state index contributed by atoms with van der Waals surface area (Å²) >= 11 is 2.08. The number of nitro benzene ring substituents is 1. The standard InChI is InChI=1S/C14H16IN5O2/c1-2-13-17-14-6-4-10(8-19(14)18-13)16-11-5-3-9(15)7-12(11)20(21)22/h3,5,7,10,16H,2,4,6,8H2,1H3. The molecule has 2 heterocycles. The number of hydrogen-bond acceptors (Lipinski definition) is 5. The van der Waals surface area contributed by atoms with Crippen LogP contribution >= 0.6 is 22.6 Å². The van der Waals surface area contributed by atoms with E-state index in [0.717, 1.165) is 34.5 Å². The van der Waals surface area contributed by atoms with Gasteiger partial charge in [0.25, 0.3) is 5.69 Å². The highest BCUT2D eigenvalue weighted by atomic mass is 127. The number of aryl methyl sites for hydroxylation is 2. The van der Waals surface area contributed by atoms with Crippen molar-refractivity contribution >= 4 is 34.0 Å². The van der Waals surface area contributed by atoms with Crippen LogP contribution in [0, 0.1) is 13.7 Å². The lowest BCUT2D eigenvalue weighted by Gasteiger charge is -2.24. The summed E-state index contributed by atoms with van der Waals surface area (Å²) < 4.78 is 2.77. The molecule has 0 saturated heterocycles. The van der Waals surface area contributed by atoms with Gasteiger partial charge in [0.15, 0.2) is 5.82 Å². The highest BCUT2D eigenvalue weighted by molar-refractivity contribution is 14.1. The number of nitrogens with one attached hydrogen (secondary N) is 1. The number of benzene rings is 1. The van der Waals surface area contributed by atoms with Crippen LogP contribution < -0.4 is 5.32 Å². The van der Waals surface area contributed by atoms with Crippen LogP contribution in [-0.2, 0) is 19.4 Å². The predicted molar refractivity (Wildman–Crippen MR) is 90.9 cm³/mol. The SMILES string of the molecule is CCc1nc2n(n1)CC(Nc1ccc(I)cc1[N+](=O)[O-])CC2. The number of halogens is 1. The highest BCUT2D eigenvalue weighted by Crippen LogP contribution is 2.28. The smallest absolute Gasteiger partial charge is 0.293 e. The molecule has 2 aromatic rings. The Morgan fingerprint density at radius 3 is 3.09 bits per heavy atom. The summed E-state index contributed by atoms with van der Waals surface area (Å²) in [7, 11) is 0. The van der Waals surface area contributed by atoms with Crippen molar-refractivity contribution in [1.82, 2.24) is 14.8 Å². The van der Waals surface area contributed by atoms with Gasteiger partial charge in [-0.1, -0.05) is 6.92 Å². The van der Waals surface area contributed by atoms with E-state index < -0.39 is 0 Å². The van der Waals surface area contributed by atoms with Crippen LogP contribution in [0.3, 0.4) is 0 Å². The van der Waals surface area contributed by atoms with Gasteiger partial charge in [-0.3, -0.25) is 10.1 Å². The van der Waals surface area contributed by atoms with Crippen LogP contribution in [0.2, 0.25) is 0 Å². The van der Waals surface area contributed by atoms with Crippen molar-refractivity contribution in [3.05, 3.63) is 43.5 Å². The summed E-state index contributed by atoms with van der Waals surface area (Å²) in [6.07, 6.45) is 2.55. The van der Waals surface area contributed by atoms with Crippen LogP contribution in [0.15, 0.2) is 18.2 Å². The Labute approximate surface area is 141 Å². The molecule has 1 aromatic heterocycles. The normalized spacial score (nSPS) is 17.1. The summed E-state index contributed by atoms with van der Waals surface area (Å²) in [6, 6.07) is 5.35. The lowest BCUT2D eigenvalue weighted by molar-refractivity contribution is -0.384. The van der Waals surface area contributed by atoms with E-state index >= 15 is 0 Å². The molecule has 0 amide bonds. The molecule has 22 heavy (non-hydrogen) atoms. The second-order valence-electron chi connectivity index (χ2n) is 5.28. The Hall–Kier alpha value is -1.71. The second kappa shape index (κ2) is 6.19. The first-order valence-electron chi connectivity index (χ1n) is 7.20. The molecule has 1 aliphatic heterocycles. The topological polar surface area (TPSA) is 85.9 Å². The number of nitrogens with zero attached hydrogens (tertiary/aromatic N) is 4. The molecule has 8 heteroatoms. The average Bonchev–Trinajstić information content (AvgIpc) is 2.91. The zero-order chi connectivity index (χ0) is 15.7. The van der Waals surface area contributed by atoms with E-state index in [9.17, 15) is 10.1 Å². The summed E-state index contributed by atoms with van der Waals surface area (Å²) in [6.45, 7) is 2.72. The summed E-state index contributed by atoms with van der Waals surface area (Å²) in [4.78, 5) is 15.3. The van der Waals surface area contributed by atoms with Crippen LogP contribution in [0.4, 0.5) is 11.4 Å². The molecule has 1 aromatic carbocycles. The van der Waals surface area contributed by atoms with Crippen molar-refractivity contribution < 1.29 is 4.92 Å². The molecule has 0 bridgehead atoms. The maximum absolute atomic E-state index is 11.2. The first-order valence-corrected chi connectivity index (χ1v) is 8.27. The highest BCUT2D eigenvalue weighted by Gasteiger charge is 2.23. The molecule has 1 atom stereocenters.